The van der Waals surface area contributed by atoms with Crippen molar-refractivity contribution >= 4 is 33.3 Å². The molecule has 6 heteroatoms. The van der Waals surface area contributed by atoms with Crippen LogP contribution in [0.5, 0.6) is 0 Å². The van der Waals surface area contributed by atoms with E-state index < -0.39 is 12.0 Å². The number of nitrogens with one attached hydrogen (secondary N) is 1. The fourth-order valence-corrected chi connectivity index (χ4v) is 3.95. The van der Waals surface area contributed by atoms with Gasteiger partial charge in [-0.05, 0) is 11.1 Å². The van der Waals surface area contributed by atoms with Crippen LogP contribution in [0.25, 0.3) is 21.3 Å². The SMILES string of the molecule is O=C(O)C(Cc1ccccc1)Nc1ncnc2scc(-c3ccccc3)c12. The number of carbonyl (C=O) groups is 1. The van der Waals surface area contributed by atoms with Gasteiger partial charge in [0.05, 0.1) is 5.39 Å². The second-order valence-corrected chi connectivity index (χ2v) is 7.00. The molecule has 0 fully saturated rings. The highest BCUT2D eigenvalue weighted by Crippen LogP contribution is 2.36. The monoisotopic (exact) mass is 375 g/mol. The number of carboxylic acids is 1. The van der Waals surface area contributed by atoms with E-state index in [0.717, 1.165) is 26.9 Å². The summed E-state index contributed by atoms with van der Waals surface area (Å²) in [5.74, 6) is -0.370. The van der Waals surface area contributed by atoms with Gasteiger partial charge in [0.15, 0.2) is 0 Å². The third-order valence-electron chi connectivity index (χ3n) is 4.35. The van der Waals surface area contributed by atoms with E-state index in [0.29, 0.717) is 12.2 Å². The van der Waals surface area contributed by atoms with Crippen LogP contribution < -0.4 is 5.32 Å². The summed E-state index contributed by atoms with van der Waals surface area (Å²) in [7, 11) is 0. The molecule has 1 atom stereocenters. The van der Waals surface area contributed by atoms with Crippen molar-refractivity contribution in [3.05, 3.63) is 77.9 Å². The Bertz CT molecular complexity index is 1060. The number of hydrogen-bond acceptors (Lipinski definition) is 5. The highest BCUT2D eigenvalue weighted by Gasteiger charge is 2.21. The minimum Gasteiger partial charge on any atom is -0.480 e. The van der Waals surface area contributed by atoms with Crippen molar-refractivity contribution in [1.29, 1.82) is 0 Å². The van der Waals surface area contributed by atoms with Crippen molar-refractivity contribution in [3.63, 3.8) is 0 Å². The Morgan fingerprint density at radius 3 is 2.44 bits per heavy atom. The second-order valence-electron chi connectivity index (χ2n) is 6.14. The number of anilines is 1. The molecule has 2 aromatic carbocycles. The third-order valence-corrected chi connectivity index (χ3v) is 5.23. The quantitative estimate of drug-likeness (QED) is 0.520. The molecule has 0 spiro atoms. The lowest BCUT2D eigenvalue weighted by molar-refractivity contribution is -0.137. The van der Waals surface area contributed by atoms with Crippen LogP contribution in [0.15, 0.2) is 72.4 Å². The molecule has 27 heavy (non-hydrogen) atoms. The van der Waals surface area contributed by atoms with Crippen molar-refractivity contribution in [2.75, 3.05) is 5.32 Å². The standard InChI is InChI=1S/C21H17N3O2S/c25-21(26)17(11-14-7-3-1-4-8-14)24-19-18-16(15-9-5-2-6-10-15)12-27-20(18)23-13-22-19/h1-10,12-13,17H,11H2,(H,25,26)(H,22,23,24). The fraction of sp³-hybridized carbons (Fsp3) is 0.0952. The molecule has 0 saturated carbocycles. The first-order valence-electron chi connectivity index (χ1n) is 8.53. The molecular formula is C21H17N3O2S. The van der Waals surface area contributed by atoms with Gasteiger partial charge in [-0.15, -0.1) is 11.3 Å². The van der Waals surface area contributed by atoms with Crippen molar-refractivity contribution < 1.29 is 9.90 Å². The first-order valence-corrected chi connectivity index (χ1v) is 9.41. The second kappa shape index (κ2) is 7.55. The Hall–Kier alpha value is -3.25. The maximum atomic E-state index is 11.8. The average Bonchev–Trinajstić information content (AvgIpc) is 3.14. The molecule has 2 aromatic heterocycles. The summed E-state index contributed by atoms with van der Waals surface area (Å²) in [5.41, 5.74) is 3.01. The van der Waals surface area contributed by atoms with Crippen molar-refractivity contribution in [2.45, 2.75) is 12.5 Å². The van der Waals surface area contributed by atoms with Gasteiger partial charge in [-0.2, -0.15) is 0 Å². The number of rotatable bonds is 6. The van der Waals surface area contributed by atoms with Gasteiger partial charge in [0.2, 0.25) is 0 Å². The predicted octanol–water partition coefficient (Wildman–Crippen LogP) is 4.47. The zero-order chi connectivity index (χ0) is 18.6. The molecule has 0 aliphatic heterocycles. The third kappa shape index (κ3) is 3.66. The Morgan fingerprint density at radius 1 is 1.04 bits per heavy atom. The minimum atomic E-state index is -0.915. The minimum absolute atomic E-state index is 0.368. The number of benzene rings is 2. The molecule has 2 N–H and O–H groups in total. The zero-order valence-electron chi connectivity index (χ0n) is 14.4. The van der Waals surface area contributed by atoms with Gasteiger partial charge < -0.3 is 10.4 Å². The van der Waals surface area contributed by atoms with Crippen LogP contribution in [0.3, 0.4) is 0 Å². The van der Waals surface area contributed by atoms with Crippen LogP contribution in [0, 0.1) is 0 Å². The molecule has 0 radical (unpaired) electrons. The molecule has 0 aliphatic rings. The number of nitrogens with zero attached hydrogens (tertiary/aromatic N) is 2. The summed E-state index contributed by atoms with van der Waals surface area (Å²) < 4.78 is 0. The number of aromatic nitrogens is 2. The zero-order valence-corrected chi connectivity index (χ0v) is 15.2. The summed E-state index contributed by atoms with van der Waals surface area (Å²) >= 11 is 1.52. The van der Waals surface area contributed by atoms with Crippen LogP contribution in [0.4, 0.5) is 5.82 Å². The summed E-state index contributed by atoms with van der Waals surface area (Å²) in [5, 5.41) is 15.7. The summed E-state index contributed by atoms with van der Waals surface area (Å²) in [4.78, 5) is 21.4. The molecule has 134 valence electrons. The number of hydrogen-bond donors (Lipinski definition) is 2. The molecule has 5 nitrogen and oxygen atoms in total. The molecule has 4 rings (SSSR count). The topological polar surface area (TPSA) is 75.1 Å². The lowest BCUT2D eigenvalue weighted by atomic mass is 10.0. The van der Waals surface area contributed by atoms with E-state index in [-0.39, 0.29) is 0 Å². The van der Waals surface area contributed by atoms with E-state index in [2.05, 4.69) is 15.3 Å². The molecule has 2 heterocycles. The van der Waals surface area contributed by atoms with Crippen LogP contribution in [0.1, 0.15) is 5.56 Å². The Balaban J connectivity index is 1.72. The highest BCUT2D eigenvalue weighted by atomic mass is 32.1. The van der Waals surface area contributed by atoms with Crippen LogP contribution in [-0.4, -0.2) is 27.1 Å². The fourth-order valence-electron chi connectivity index (χ4n) is 3.03. The van der Waals surface area contributed by atoms with Gasteiger partial charge in [0, 0.05) is 17.4 Å². The van der Waals surface area contributed by atoms with Gasteiger partial charge in [0.1, 0.15) is 23.0 Å². The van der Waals surface area contributed by atoms with Crippen molar-refractivity contribution in [3.8, 4) is 11.1 Å². The maximum absolute atomic E-state index is 11.8. The summed E-state index contributed by atoms with van der Waals surface area (Å²) in [6, 6.07) is 18.8. The molecule has 1 unspecified atom stereocenters. The maximum Gasteiger partial charge on any atom is 0.326 e. The van der Waals surface area contributed by atoms with Crippen LogP contribution in [-0.2, 0) is 11.2 Å². The van der Waals surface area contributed by atoms with E-state index >= 15 is 0 Å². The first-order chi connectivity index (χ1) is 13.2. The van der Waals surface area contributed by atoms with Gasteiger partial charge in [-0.25, -0.2) is 14.8 Å². The van der Waals surface area contributed by atoms with Crippen LogP contribution in [0.2, 0.25) is 0 Å². The van der Waals surface area contributed by atoms with E-state index in [9.17, 15) is 9.90 Å². The number of aliphatic carboxylic acids is 1. The molecule has 0 bridgehead atoms. The lowest BCUT2D eigenvalue weighted by Gasteiger charge is -2.16. The molecular weight excluding hydrogens is 358 g/mol. The highest BCUT2D eigenvalue weighted by molar-refractivity contribution is 7.17. The summed E-state index contributed by atoms with van der Waals surface area (Å²) in [6.07, 6.45) is 1.84. The van der Waals surface area contributed by atoms with Gasteiger partial charge in [-0.1, -0.05) is 60.7 Å². The molecule has 0 aliphatic carbocycles. The van der Waals surface area contributed by atoms with Gasteiger partial charge in [0.25, 0.3) is 0 Å². The number of fused-ring (bicyclic) bond motifs is 1. The first kappa shape index (κ1) is 17.2. The van der Waals surface area contributed by atoms with Gasteiger partial charge in [-0.3, -0.25) is 0 Å². The smallest absolute Gasteiger partial charge is 0.326 e. The van der Waals surface area contributed by atoms with E-state index in [1.165, 1.54) is 17.7 Å². The average molecular weight is 375 g/mol. The van der Waals surface area contributed by atoms with Crippen molar-refractivity contribution in [1.82, 2.24) is 9.97 Å². The molecule has 0 amide bonds. The molecule has 4 aromatic rings. The number of carboxylic acid groups (broad SMARTS) is 1. The Labute approximate surface area is 160 Å². The van der Waals surface area contributed by atoms with Crippen LogP contribution >= 0.6 is 11.3 Å². The molecule has 0 saturated heterocycles. The lowest BCUT2D eigenvalue weighted by Crippen LogP contribution is -2.32. The van der Waals surface area contributed by atoms with Gasteiger partial charge >= 0.3 is 5.97 Å². The Morgan fingerprint density at radius 2 is 1.74 bits per heavy atom. The predicted molar refractivity (Wildman–Crippen MR) is 108 cm³/mol. The summed E-state index contributed by atoms with van der Waals surface area (Å²) in [6.45, 7) is 0. The van der Waals surface area contributed by atoms with E-state index in [4.69, 9.17) is 0 Å². The van der Waals surface area contributed by atoms with Crippen molar-refractivity contribution in [2.24, 2.45) is 0 Å². The Kier molecular flexibility index (Phi) is 4.80. The largest absolute Gasteiger partial charge is 0.480 e. The number of thiophene rings is 1. The normalized spacial score (nSPS) is 12.0. The van der Waals surface area contributed by atoms with E-state index in [1.807, 2.05) is 66.0 Å². The van der Waals surface area contributed by atoms with E-state index in [1.54, 1.807) is 0 Å².